The van der Waals surface area contributed by atoms with Crippen LogP contribution in [-0.2, 0) is 4.43 Å². The summed E-state index contributed by atoms with van der Waals surface area (Å²) in [4.78, 5) is 0. The van der Waals surface area contributed by atoms with Crippen LogP contribution in [0.15, 0.2) is 60.7 Å². The molecule has 0 atom stereocenters. The third-order valence-corrected chi connectivity index (χ3v) is 9.24. The molecule has 2 aromatic rings. The molecule has 23 heavy (non-hydrogen) atoms. The molecule has 0 amide bonds. The number of hydrogen-bond acceptors (Lipinski definition) is 1. The molecule has 2 rings (SSSR count). The second kappa shape index (κ2) is 7.63. The van der Waals surface area contributed by atoms with Gasteiger partial charge in [0.2, 0.25) is 0 Å². The van der Waals surface area contributed by atoms with E-state index in [4.69, 9.17) is 10.8 Å². The van der Waals surface area contributed by atoms with Gasteiger partial charge in [-0.3, -0.25) is 0 Å². The number of benzene rings is 2. The van der Waals surface area contributed by atoms with Crippen molar-refractivity contribution in [1.82, 2.24) is 0 Å². The Balaban J connectivity index is 2.53. The van der Waals surface area contributed by atoms with E-state index in [2.05, 4.69) is 87.4 Å². The van der Waals surface area contributed by atoms with Crippen LogP contribution in [0.1, 0.15) is 33.6 Å². The van der Waals surface area contributed by atoms with E-state index in [1.807, 2.05) is 0 Å². The quantitative estimate of drug-likeness (QED) is 0.444. The van der Waals surface area contributed by atoms with Crippen molar-refractivity contribution < 1.29 is 4.43 Å². The molecule has 0 aliphatic rings. The molecule has 0 aliphatic heterocycles. The highest BCUT2D eigenvalue weighted by atomic mass is 28.4. The lowest BCUT2D eigenvalue weighted by atomic mass is 10.2. The van der Waals surface area contributed by atoms with Gasteiger partial charge in [-0.05, 0) is 21.8 Å². The van der Waals surface area contributed by atoms with Crippen molar-refractivity contribution in [2.75, 3.05) is 6.61 Å². The maximum absolute atomic E-state index is 6.71. The number of rotatable bonds is 6. The van der Waals surface area contributed by atoms with Crippen molar-refractivity contribution in [2.45, 2.75) is 38.7 Å². The van der Waals surface area contributed by atoms with E-state index in [0.717, 1.165) is 12.8 Å². The van der Waals surface area contributed by atoms with E-state index < -0.39 is 8.32 Å². The maximum Gasteiger partial charge on any atom is 0.261 e. The fraction of sp³-hybridized carbons (Fsp3) is 0.333. The van der Waals surface area contributed by atoms with Crippen molar-refractivity contribution in [3.8, 4) is 12.3 Å². The zero-order chi connectivity index (χ0) is 16.8. The predicted molar refractivity (Wildman–Crippen MR) is 102 cm³/mol. The molecule has 0 aromatic heterocycles. The van der Waals surface area contributed by atoms with E-state index in [0.29, 0.717) is 6.61 Å². The van der Waals surface area contributed by atoms with E-state index in [1.165, 1.54) is 10.4 Å². The van der Waals surface area contributed by atoms with Crippen LogP contribution >= 0.6 is 0 Å². The Morgan fingerprint density at radius 1 is 0.913 bits per heavy atom. The highest BCUT2D eigenvalue weighted by Crippen LogP contribution is 2.36. The van der Waals surface area contributed by atoms with E-state index in [9.17, 15) is 0 Å². The van der Waals surface area contributed by atoms with E-state index in [1.54, 1.807) is 0 Å². The molecule has 1 nitrogen and oxygen atoms in total. The minimum atomic E-state index is -2.37. The lowest BCUT2D eigenvalue weighted by molar-refractivity contribution is 0.293. The predicted octanol–water partition coefficient (Wildman–Crippen LogP) is 3.98. The summed E-state index contributed by atoms with van der Waals surface area (Å²) in [6, 6.07) is 21.4. The fourth-order valence-corrected chi connectivity index (χ4v) is 7.77. The van der Waals surface area contributed by atoms with E-state index in [-0.39, 0.29) is 5.04 Å². The highest BCUT2D eigenvalue weighted by molar-refractivity contribution is 6.99. The Hall–Kier alpha value is -1.82. The molecule has 0 saturated carbocycles. The van der Waals surface area contributed by atoms with Crippen LogP contribution in [0.3, 0.4) is 0 Å². The molecule has 0 bridgehead atoms. The topological polar surface area (TPSA) is 9.23 Å². The molecule has 0 heterocycles. The van der Waals surface area contributed by atoms with Crippen molar-refractivity contribution >= 4 is 18.7 Å². The zero-order valence-corrected chi connectivity index (χ0v) is 15.4. The van der Waals surface area contributed by atoms with Gasteiger partial charge in [-0.2, -0.15) is 0 Å². The molecule has 0 spiro atoms. The van der Waals surface area contributed by atoms with Crippen molar-refractivity contribution in [2.24, 2.45) is 0 Å². The lowest BCUT2D eigenvalue weighted by Gasteiger charge is -2.43. The maximum atomic E-state index is 6.71. The minimum Gasteiger partial charge on any atom is -0.407 e. The second-order valence-corrected chi connectivity index (χ2v) is 11.1. The molecule has 0 N–H and O–H groups in total. The molecule has 2 aromatic carbocycles. The molecule has 120 valence electrons. The van der Waals surface area contributed by atoms with Crippen molar-refractivity contribution in [1.29, 1.82) is 0 Å². The number of terminal acetylenes is 1. The van der Waals surface area contributed by atoms with Crippen LogP contribution in [0.25, 0.3) is 0 Å². The Morgan fingerprint density at radius 3 is 1.78 bits per heavy atom. The first-order chi connectivity index (χ1) is 11.0. The SMILES string of the molecule is C#CCCCO[Si](c1ccccc1)(c1ccccc1)C(C)(C)C. The van der Waals surface area contributed by atoms with Crippen LogP contribution in [0.4, 0.5) is 0 Å². The van der Waals surface area contributed by atoms with E-state index >= 15 is 0 Å². The second-order valence-electron chi connectivity index (χ2n) is 6.82. The average Bonchev–Trinajstić information content (AvgIpc) is 2.55. The van der Waals surface area contributed by atoms with Crippen LogP contribution in [0.2, 0.25) is 5.04 Å². The average molecular weight is 323 g/mol. The summed E-state index contributed by atoms with van der Waals surface area (Å²) in [6.07, 6.45) is 7.06. The summed E-state index contributed by atoms with van der Waals surface area (Å²) in [5.74, 6) is 2.71. The third-order valence-electron chi connectivity index (χ3n) is 4.20. The van der Waals surface area contributed by atoms with Crippen molar-refractivity contribution in [3.05, 3.63) is 60.7 Å². The standard InChI is InChI=1S/C21H26OSi/c1-5-6-13-18-22-23(21(2,3)4,19-14-9-7-10-15-19)20-16-11-8-12-17-20/h1,7-12,14-17H,6,13,18H2,2-4H3. The fourth-order valence-electron chi connectivity index (χ4n) is 3.16. The van der Waals surface area contributed by atoms with Gasteiger partial charge < -0.3 is 4.43 Å². The van der Waals surface area contributed by atoms with Gasteiger partial charge in [-0.25, -0.2) is 0 Å². The summed E-state index contributed by atoms with van der Waals surface area (Å²) in [5, 5.41) is 2.67. The molecular weight excluding hydrogens is 296 g/mol. The highest BCUT2D eigenvalue weighted by Gasteiger charge is 2.49. The van der Waals surface area contributed by atoms with Gasteiger partial charge >= 0.3 is 0 Å². The van der Waals surface area contributed by atoms with Crippen molar-refractivity contribution in [3.63, 3.8) is 0 Å². The summed E-state index contributed by atoms with van der Waals surface area (Å²) < 4.78 is 6.71. The molecule has 2 heteroatoms. The largest absolute Gasteiger partial charge is 0.407 e. The van der Waals surface area contributed by atoms with Gasteiger partial charge in [0.15, 0.2) is 0 Å². The van der Waals surface area contributed by atoms with Gasteiger partial charge in [0.05, 0.1) is 0 Å². The monoisotopic (exact) mass is 322 g/mol. The summed E-state index contributed by atoms with van der Waals surface area (Å²) in [6.45, 7) is 7.58. The Labute approximate surface area is 141 Å². The van der Waals surface area contributed by atoms with Gasteiger partial charge in [0.25, 0.3) is 8.32 Å². The van der Waals surface area contributed by atoms with Gasteiger partial charge in [0.1, 0.15) is 0 Å². The normalized spacial score (nSPS) is 11.9. The smallest absolute Gasteiger partial charge is 0.261 e. The first-order valence-corrected chi connectivity index (χ1v) is 10.1. The Bertz CT molecular complexity index is 596. The molecule has 0 aliphatic carbocycles. The van der Waals surface area contributed by atoms with Crippen LogP contribution in [0, 0.1) is 12.3 Å². The zero-order valence-electron chi connectivity index (χ0n) is 14.4. The van der Waals surface area contributed by atoms with Gasteiger partial charge in [-0.1, -0.05) is 81.4 Å². The number of unbranched alkanes of at least 4 members (excludes halogenated alkanes) is 1. The summed E-state index contributed by atoms with van der Waals surface area (Å²) in [5.41, 5.74) is 0. The molecule has 0 fully saturated rings. The van der Waals surface area contributed by atoms with Crippen LogP contribution in [-0.4, -0.2) is 14.9 Å². The van der Waals surface area contributed by atoms with Gasteiger partial charge in [0, 0.05) is 13.0 Å². The van der Waals surface area contributed by atoms with Crippen LogP contribution < -0.4 is 10.4 Å². The Morgan fingerprint density at radius 2 is 1.39 bits per heavy atom. The first-order valence-electron chi connectivity index (χ1n) is 8.21. The molecule has 0 radical (unpaired) electrons. The number of hydrogen-bond donors (Lipinski definition) is 0. The summed E-state index contributed by atoms with van der Waals surface area (Å²) >= 11 is 0. The van der Waals surface area contributed by atoms with Gasteiger partial charge in [-0.15, -0.1) is 12.3 Å². The lowest BCUT2D eigenvalue weighted by Crippen LogP contribution is -2.66. The van der Waals surface area contributed by atoms with Crippen LogP contribution in [0.5, 0.6) is 0 Å². The molecular formula is C21H26OSi. The Kier molecular flexibility index (Phi) is 5.82. The third kappa shape index (κ3) is 3.75. The minimum absolute atomic E-state index is 0.0336. The first kappa shape index (κ1) is 17.5. The summed E-state index contributed by atoms with van der Waals surface area (Å²) in [7, 11) is -2.37. The molecule has 0 saturated heterocycles. The molecule has 0 unspecified atom stereocenters.